The fourth-order valence-corrected chi connectivity index (χ4v) is 2.28. The Morgan fingerprint density at radius 1 is 1.11 bits per heavy atom. The molecule has 19 heavy (non-hydrogen) atoms. The van der Waals surface area contributed by atoms with Crippen LogP contribution in [0.4, 0.5) is 0 Å². The number of ether oxygens (including phenoxy) is 1. The SMILES string of the molecule is N#CCc1ccc(Oc2ccc(CCl)cc2Br)cc1. The van der Waals surface area contributed by atoms with Crippen molar-refractivity contribution in [1.82, 2.24) is 0 Å². The molecule has 2 rings (SSSR count). The second-order valence-corrected chi connectivity index (χ2v) is 5.10. The highest BCUT2D eigenvalue weighted by atomic mass is 79.9. The maximum atomic E-state index is 8.61. The molecule has 0 heterocycles. The van der Waals surface area contributed by atoms with Crippen LogP contribution >= 0.6 is 27.5 Å². The normalized spacial score (nSPS) is 9.95. The van der Waals surface area contributed by atoms with Crippen molar-refractivity contribution in [2.75, 3.05) is 0 Å². The summed E-state index contributed by atoms with van der Waals surface area (Å²) in [5.41, 5.74) is 2.01. The van der Waals surface area contributed by atoms with Crippen LogP contribution in [0.1, 0.15) is 11.1 Å². The van der Waals surface area contributed by atoms with E-state index >= 15 is 0 Å². The van der Waals surface area contributed by atoms with Crippen LogP contribution in [0.3, 0.4) is 0 Å². The van der Waals surface area contributed by atoms with Crippen LogP contribution in [0, 0.1) is 11.3 Å². The van der Waals surface area contributed by atoms with Gasteiger partial charge in [-0.25, -0.2) is 0 Å². The molecule has 0 aliphatic rings. The van der Waals surface area contributed by atoms with Gasteiger partial charge >= 0.3 is 0 Å². The van der Waals surface area contributed by atoms with Crippen molar-refractivity contribution >= 4 is 27.5 Å². The van der Waals surface area contributed by atoms with Gasteiger partial charge in [-0.05, 0) is 51.3 Å². The highest BCUT2D eigenvalue weighted by molar-refractivity contribution is 9.10. The first kappa shape index (κ1) is 13.9. The fourth-order valence-electron chi connectivity index (χ4n) is 1.60. The van der Waals surface area contributed by atoms with E-state index in [1.54, 1.807) is 0 Å². The maximum absolute atomic E-state index is 8.61. The van der Waals surface area contributed by atoms with Gasteiger partial charge in [0, 0.05) is 5.88 Å². The van der Waals surface area contributed by atoms with E-state index in [1.165, 1.54) is 0 Å². The van der Waals surface area contributed by atoms with E-state index in [-0.39, 0.29) is 0 Å². The Balaban J connectivity index is 2.15. The summed E-state index contributed by atoms with van der Waals surface area (Å²) in [6.07, 6.45) is 0.411. The zero-order valence-corrected chi connectivity index (χ0v) is 12.4. The molecule has 0 amide bonds. The van der Waals surface area contributed by atoms with Gasteiger partial charge in [0.1, 0.15) is 11.5 Å². The van der Waals surface area contributed by atoms with Crippen molar-refractivity contribution in [3.8, 4) is 17.6 Å². The molecule has 0 unspecified atom stereocenters. The molecule has 2 aromatic carbocycles. The Labute approximate surface area is 125 Å². The Morgan fingerprint density at radius 3 is 2.37 bits per heavy atom. The molecule has 0 saturated heterocycles. The van der Waals surface area contributed by atoms with Crippen molar-refractivity contribution in [1.29, 1.82) is 5.26 Å². The predicted molar refractivity (Wildman–Crippen MR) is 79.5 cm³/mol. The van der Waals surface area contributed by atoms with Gasteiger partial charge in [0.2, 0.25) is 0 Å². The predicted octanol–water partition coefficient (Wildman–Crippen LogP) is 5.05. The Bertz CT molecular complexity index is 605. The molecule has 4 heteroatoms. The van der Waals surface area contributed by atoms with Gasteiger partial charge in [-0.15, -0.1) is 11.6 Å². The van der Waals surface area contributed by atoms with Crippen molar-refractivity contribution < 1.29 is 4.74 Å². The monoisotopic (exact) mass is 335 g/mol. The summed E-state index contributed by atoms with van der Waals surface area (Å²) in [5.74, 6) is 1.95. The van der Waals surface area contributed by atoms with E-state index < -0.39 is 0 Å². The summed E-state index contributed by atoms with van der Waals surface area (Å²) in [4.78, 5) is 0. The lowest BCUT2D eigenvalue weighted by Gasteiger charge is -2.09. The molecule has 0 bridgehead atoms. The number of nitrogens with zero attached hydrogens (tertiary/aromatic N) is 1. The summed E-state index contributed by atoms with van der Waals surface area (Å²) in [6.45, 7) is 0. The molecule has 0 aromatic heterocycles. The van der Waals surface area contributed by atoms with E-state index in [0.29, 0.717) is 12.3 Å². The summed E-state index contributed by atoms with van der Waals surface area (Å²) in [6, 6.07) is 15.3. The maximum Gasteiger partial charge on any atom is 0.141 e. The van der Waals surface area contributed by atoms with E-state index in [2.05, 4.69) is 22.0 Å². The highest BCUT2D eigenvalue weighted by Gasteiger charge is 2.04. The Kier molecular flexibility index (Phi) is 4.84. The molecule has 0 radical (unpaired) electrons. The van der Waals surface area contributed by atoms with Crippen LogP contribution in [0.2, 0.25) is 0 Å². The third-order valence-corrected chi connectivity index (χ3v) is 3.51. The second kappa shape index (κ2) is 6.60. The first-order valence-corrected chi connectivity index (χ1v) is 7.04. The summed E-state index contributed by atoms with van der Waals surface area (Å²) >= 11 is 9.23. The molecule has 0 N–H and O–H groups in total. The highest BCUT2D eigenvalue weighted by Crippen LogP contribution is 2.31. The van der Waals surface area contributed by atoms with Crippen LogP contribution in [0.25, 0.3) is 0 Å². The average molecular weight is 337 g/mol. The molecule has 0 saturated carbocycles. The van der Waals surface area contributed by atoms with Gasteiger partial charge in [0.15, 0.2) is 0 Å². The van der Waals surface area contributed by atoms with Crippen molar-refractivity contribution in [3.63, 3.8) is 0 Å². The first-order chi connectivity index (χ1) is 9.22. The number of rotatable bonds is 4. The van der Waals surface area contributed by atoms with E-state index in [9.17, 15) is 0 Å². The summed E-state index contributed by atoms with van der Waals surface area (Å²) in [7, 11) is 0. The lowest BCUT2D eigenvalue weighted by atomic mass is 10.2. The molecule has 0 fully saturated rings. The third-order valence-electron chi connectivity index (χ3n) is 2.58. The number of benzene rings is 2. The van der Waals surface area contributed by atoms with Gasteiger partial charge in [-0.3, -0.25) is 0 Å². The standard InChI is InChI=1S/C15H11BrClNO/c16-14-9-12(10-17)3-6-15(14)19-13-4-1-11(2-5-13)7-8-18/h1-6,9H,7,10H2. The van der Waals surface area contributed by atoms with Crippen LogP contribution in [-0.4, -0.2) is 0 Å². The van der Waals surface area contributed by atoms with Gasteiger partial charge in [0.25, 0.3) is 0 Å². The molecule has 0 atom stereocenters. The number of halogens is 2. The summed E-state index contributed by atoms with van der Waals surface area (Å²) in [5, 5.41) is 8.61. The van der Waals surface area contributed by atoms with Crippen LogP contribution in [-0.2, 0) is 12.3 Å². The fraction of sp³-hybridized carbons (Fsp3) is 0.133. The van der Waals surface area contributed by atoms with E-state index in [0.717, 1.165) is 27.1 Å². The number of hydrogen-bond donors (Lipinski definition) is 0. The third kappa shape index (κ3) is 3.73. The van der Waals surface area contributed by atoms with Gasteiger partial charge in [0.05, 0.1) is 17.0 Å². The van der Waals surface area contributed by atoms with Crippen LogP contribution < -0.4 is 4.74 Å². The van der Waals surface area contributed by atoms with Gasteiger partial charge < -0.3 is 4.74 Å². The van der Waals surface area contributed by atoms with Crippen molar-refractivity contribution in [2.24, 2.45) is 0 Å². The smallest absolute Gasteiger partial charge is 0.141 e. The molecule has 0 aliphatic heterocycles. The zero-order valence-electron chi connectivity index (χ0n) is 10.1. The largest absolute Gasteiger partial charge is 0.456 e. The molecule has 0 aliphatic carbocycles. The summed E-state index contributed by atoms with van der Waals surface area (Å²) < 4.78 is 6.64. The minimum absolute atomic E-state index is 0.411. The molecular weight excluding hydrogens is 326 g/mol. The molecule has 2 nitrogen and oxygen atoms in total. The van der Waals surface area contributed by atoms with Crippen LogP contribution in [0.15, 0.2) is 46.9 Å². The minimum atomic E-state index is 0.411. The molecule has 2 aromatic rings. The van der Waals surface area contributed by atoms with E-state index in [4.69, 9.17) is 21.6 Å². The Morgan fingerprint density at radius 2 is 1.79 bits per heavy atom. The van der Waals surface area contributed by atoms with E-state index in [1.807, 2.05) is 42.5 Å². The molecule has 0 spiro atoms. The number of nitriles is 1. The van der Waals surface area contributed by atoms with Crippen LogP contribution in [0.5, 0.6) is 11.5 Å². The first-order valence-electron chi connectivity index (χ1n) is 5.71. The zero-order chi connectivity index (χ0) is 13.7. The topological polar surface area (TPSA) is 33.0 Å². The van der Waals surface area contributed by atoms with Gasteiger partial charge in [-0.1, -0.05) is 18.2 Å². The number of hydrogen-bond acceptors (Lipinski definition) is 2. The Hall–Kier alpha value is -1.50. The molecule has 96 valence electrons. The molecular formula is C15H11BrClNO. The van der Waals surface area contributed by atoms with Crippen molar-refractivity contribution in [2.45, 2.75) is 12.3 Å². The van der Waals surface area contributed by atoms with Gasteiger partial charge in [-0.2, -0.15) is 5.26 Å². The quantitative estimate of drug-likeness (QED) is 0.732. The minimum Gasteiger partial charge on any atom is -0.456 e. The second-order valence-electron chi connectivity index (χ2n) is 3.98. The van der Waals surface area contributed by atoms with Crippen molar-refractivity contribution in [3.05, 3.63) is 58.1 Å². The lowest BCUT2D eigenvalue weighted by Crippen LogP contribution is -1.88. The average Bonchev–Trinajstić information content (AvgIpc) is 2.43. The number of alkyl halides is 1. The lowest BCUT2D eigenvalue weighted by molar-refractivity contribution is 0.479.